The number of rotatable bonds is 7. The van der Waals surface area contributed by atoms with Gasteiger partial charge in [-0.2, -0.15) is 0 Å². The lowest BCUT2D eigenvalue weighted by Crippen LogP contribution is -2.51. The monoisotopic (exact) mass is 234 g/mol. The van der Waals surface area contributed by atoms with Crippen molar-refractivity contribution in [3.63, 3.8) is 0 Å². The summed E-state index contributed by atoms with van der Waals surface area (Å²) in [4.78, 5) is 2.56. The largest absolute Gasteiger partial charge is 0.314 e. The van der Waals surface area contributed by atoms with E-state index < -0.39 is 0 Å². The van der Waals surface area contributed by atoms with E-state index in [-0.39, 0.29) is 0 Å². The molecule has 0 bridgehead atoms. The average molecular weight is 234 g/mol. The van der Waals surface area contributed by atoms with Crippen LogP contribution in [0, 0.1) is 24.2 Å². The van der Waals surface area contributed by atoms with E-state index in [0.717, 1.165) is 31.0 Å². The highest BCUT2D eigenvalue weighted by Gasteiger charge is 2.37. The molecule has 0 aromatic carbocycles. The summed E-state index contributed by atoms with van der Waals surface area (Å²) in [5.41, 5.74) is 0. The number of terminal acetylenes is 1. The summed E-state index contributed by atoms with van der Waals surface area (Å²) in [6.45, 7) is 7.69. The fourth-order valence-corrected chi connectivity index (χ4v) is 2.72. The minimum absolute atomic E-state index is 0.598. The Labute approximate surface area is 106 Å². The van der Waals surface area contributed by atoms with Crippen LogP contribution in [-0.2, 0) is 0 Å². The molecule has 0 saturated heterocycles. The smallest absolute Gasteiger partial charge is 0.0601 e. The van der Waals surface area contributed by atoms with E-state index in [9.17, 15) is 0 Å². The Morgan fingerprint density at radius 3 is 2.53 bits per heavy atom. The molecule has 2 unspecified atom stereocenters. The quantitative estimate of drug-likeness (QED) is 0.679. The zero-order valence-electron chi connectivity index (χ0n) is 11.3. The number of nitrogens with one attached hydrogen (secondary N) is 1. The molecule has 2 fully saturated rings. The van der Waals surface area contributed by atoms with Crippen molar-refractivity contribution in [1.29, 1.82) is 0 Å². The van der Waals surface area contributed by atoms with Crippen molar-refractivity contribution in [2.45, 2.75) is 51.6 Å². The van der Waals surface area contributed by atoms with Crippen molar-refractivity contribution in [2.24, 2.45) is 11.8 Å². The van der Waals surface area contributed by atoms with E-state index in [0.29, 0.717) is 6.04 Å². The molecule has 17 heavy (non-hydrogen) atoms. The van der Waals surface area contributed by atoms with Crippen LogP contribution >= 0.6 is 0 Å². The van der Waals surface area contributed by atoms with Crippen molar-refractivity contribution in [2.75, 3.05) is 19.6 Å². The van der Waals surface area contributed by atoms with Crippen LogP contribution in [-0.4, -0.2) is 36.6 Å². The Morgan fingerprint density at radius 1 is 1.29 bits per heavy atom. The second-order valence-corrected chi connectivity index (χ2v) is 6.04. The minimum atomic E-state index is 0.598. The Kier molecular flexibility index (Phi) is 4.48. The van der Waals surface area contributed by atoms with Crippen molar-refractivity contribution in [3.05, 3.63) is 0 Å². The molecule has 0 spiro atoms. The fourth-order valence-electron chi connectivity index (χ4n) is 2.72. The maximum atomic E-state index is 5.50. The van der Waals surface area contributed by atoms with Gasteiger partial charge >= 0.3 is 0 Å². The zero-order valence-corrected chi connectivity index (χ0v) is 11.3. The van der Waals surface area contributed by atoms with Gasteiger partial charge in [-0.25, -0.2) is 0 Å². The SMILES string of the molecule is C#CCN(CC1CC1)C1CCC1CNC(C)C. The van der Waals surface area contributed by atoms with Gasteiger partial charge in [0, 0.05) is 18.6 Å². The highest BCUT2D eigenvalue weighted by molar-refractivity contribution is 4.98. The van der Waals surface area contributed by atoms with Gasteiger partial charge < -0.3 is 5.32 Å². The molecule has 0 aromatic heterocycles. The first kappa shape index (κ1) is 12.9. The molecule has 2 rings (SSSR count). The maximum Gasteiger partial charge on any atom is 0.0601 e. The average Bonchev–Trinajstić information content (AvgIpc) is 3.00. The van der Waals surface area contributed by atoms with Crippen molar-refractivity contribution < 1.29 is 0 Å². The summed E-state index contributed by atoms with van der Waals surface area (Å²) in [7, 11) is 0. The summed E-state index contributed by atoms with van der Waals surface area (Å²) in [6, 6.07) is 1.35. The molecule has 0 aliphatic heterocycles. The van der Waals surface area contributed by atoms with E-state index in [1.54, 1.807) is 0 Å². The van der Waals surface area contributed by atoms with Gasteiger partial charge in [0.2, 0.25) is 0 Å². The predicted octanol–water partition coefficient (Wildman–Crippen LogP) is 2.11. The lowest BCUT2D eigenvalue weighted by molar-refractivity contribution is 0.0681. The summed E-state index contributed by atoms with van der Waals surface area (Å²) >= 11 is 0. The van der Waals surface area contributed by atoms with Crippen LogP contribution in [0.25, 0.3) is 0 Å². The number of hydrogen-bond donors (Lipinski definition) is 1. The summed E-state index contributed by atoms with van der Waals surface area (Å²) < 4.78 is 0. The molecule has 0 heterocycles. The van der Waals surface area contributed by atoms with Gasteiger partial charge in [0.25, 0.3) is 0 Å². The first-order valence-corrected chi connectivity index (χ1v) is 7.11. The molecule has 0 amide bonds. The van der Waals surface area contributed by atoms with E-state index in [2.05, 4.69) is 30.0 Å². The normalized spacial score (nSPS) is 28.2. The van der Waals surface area contributed by atoms with Crippen LogP contribution in [0.5, 0.6) is 0 Å². The molecule has 2 aliphatic carbocycles. The second kappa shape index (κ2) is 5.89. The third kappa shape index (κ3) is 3.72. The topological polar surface area (TPSA) is 15.3 Å². The summed E-state index contributed by atoms with van der Waals surface area (Å²) in [5.74, 6) is 4.61. The third-order valence-corrected chi connectivity index (χ3v) is 4.12. The van der Waals surface area contributed by atoms with Gasteiger partial charge in [-0.15, -0.1) is 6.42 Å². The fraction of sp³-hybridized carbons (Fsp3) is 0.867. The molecule has 2 atom stereocenters. The molecular weight excluding hydrogens is 208 g/mol. The summed E-state index contributed by atoms with van der Waals surface area (Å²) in [6.07, 6.45) is 11.1. The molecule has 2 heteroatoms. The standard InChI is InChI=1S/C15H26N2/c1-4-9-17(11-13-5-6-13)15-8-7-14(15)10-16-12(2)3/h1,12-16H,5-11H2,2-3H3. The van der Waals surface area contributed by atoms with Crippen LogP contribution in [0.4, 0.5) is 0 Å². The van der Waals surface area contributed by atoms with E-state index in [4.69, 9.17) is 6.42 Å². The molecule has 96 valence electrons. The predicted molar refractivity (Wildman–Crippen MR) is 72.8 cm³/mol. The van der Waals surface area contributed by atoms with Gasteiger partial charge in [-0.05, 0) is 44.1 Å². The van der Waals surface area contributed by atoms with Gasteiger partial charge in [0.15, 0.2) is 0 Å². The first-order valence-electron chi connectivity index (χ1n) is 7.11. The second-order valence-electron chi connectivity index (χ2n) is 6.04. The van der Waals surface area contributed by atoms with Crippen molar-refractivity contribution in [1.82, 2.24) is 10.2 Å². The molecular formula is C15H26N2. The molecule has 1 N–H and O–H groups in total. The van der Waals surface area contributed by atoms with Gasteiger partial charge in [0.05, 0.1) is 6.54 Å². The van der Waals surface area contributed by atoms with E-state index in [1.807, 2.05) is 0 Å². The van der Waals surface area contributed by atoms with Crippen molar-refractivity contribution in [3.8, 4) is 12.3 Å². The molecule has 2 saturated carbocycles. The number of nitrogens with zero attached hydrogens (tertiary/aromatic N) is 1. The van der Waals surface area contributed by atoms with E-state index in [1.165, 1.54) is 32.2 Å². The molecule has 2 aliphatic rings. The third-order valence-electron chi connectivity index (χ3n) is 4.12. The van der Waals surface area contributed by atoms with Gasteiger partial charge in [0.1, 0.15) is 0 Å². The van der Waals surface area contributed by atoms with Crippen LogP contribution in [0.15, 0.2) is 0 Å². The Balaban J connectivity index is 1.78. The van der Waals surface area contributed by atoms with Crippen LogP contribution < -0.4 is 5.32 Å². The Hall–Kier alpha value is -0.520. The Morgan fingerprint density at radius 2 is 2.06 bits per heavy atom. The van der Waals surface area contributed by atoms with Gasteiger partial charge in [-0.1, -0.05) is 19.8 Å². The lowest BCUT2D eigenvalue weighted by atomic mass is 9.78. The minimum Gasteiger partial charge on any atom is -0.314 e. The molecule has 0 aromatic rings. The van der Waals surface area contributed by atoms with Gasteiger partial charge in [-0.3, -0.25) is 4.90 Å². The van der Waals surface area contributed by atoms with Crippen molar-refractivity contribution >= 4 is 0 Å². The lowest BCUT2D eigenvalue weighted by Gasteiger charge is -2.44. The zero-order chi connectivity index (χ0) is 12.3. The molecule has 2 nitrogen and oxygen atoms in total. The van der Waals surface area contributed by atoms with E-state index >= 15 is 0 Å². The molecule has 0 radical (unpaired) electrons. The first-order chi connectivity index (χ1) is 8.20. The Bertz CT molecular complexity index is 275. The summed E-state index contributed by atoms with van der Waals surface area (Å²) in [5, 5.41) is 3.57. The highest BCUT2D eigenvalue weighted by atomic mass is 15.2. The maximum absolute atomic E-state index is 5.50. The number of hydrogen-bond acceptors (Lipinski definition) is 2. The van der Waals surface area contributed by atoms with Crippen LogP contribution in [0.3, 0.4) is 0 Å². The van der Waals surface area contributed by atoms with Crippen LogP contribution in [0.1, 0.15) is 39.5 Å². The van der Waals surface area contributed by atoms with Crippen LogP contribution in [0.2, 0.25) is 0 Å². The highest BCUT2D eigenvalue weighted by Crippen LogP contribution is 2.36.